The van der Waals surface area contributed by atoms with Crippen LogP contribution in [0.4, 0.5) is 5.69 Å². The fraction of sp³-hybridized carbons (Fsp3) is 0.240. The van der Waals surface area contributed by atoms with Crippen molar-refractivity contribution < 1.29 is 9.53 Å². The number of hydrogen-bond acceptors (Lipinski definition) is 5. The summed E-state index contributed by atoms with van der Waals surface area (Å²) in [6.07, 6.45) is 0. The highest BCUT2D eigenvalue weighted by atomic mass is 16.5. The molecule has 7 heteroatoms. The molecule has 0 radical (unpaired) electrons. The lowest BCUT2D eigenvalue weighted by Crippen LogP contribution is -2.49. The molecule has 3 heterocycles. The molecule has 162 valence electrons. The largest absolute Gasteiger partial charge is 0.497 e. The minimum absolute atomic E-state index is 0.0161. The second-order valence-electron chi connectivity index (χ2n) is 7.93. The molecule has 0 atom stereocenters. The minimum Gasteiger partial charge on any atom is -0.497 e. The van der Waals surface area contributed by atoms with Crippen LogP contribution >= 0.6 is 0 Å². The number of aryl methyl sites for hydroxylation is 1. The molecular formula is C25H25N5O2. The Bertz CT molecular complexity index is 1240. The third-order valence-corrected chi connectivity index (χ3v) is 5.85. The van der Waals surface area contributed by atoms with Gasteiger partial charge in [0.2, 0.25) is 0 Å². The highest BCUT2D eigenvalue weighted by Crippen LogP contribution is 2.23. The number of hydrogen-bond donors (Lipinski definition) is 0. The molecule has 0 aliphatic carbocycles. The Hall–Kier alpha value is -3.87. The van der Waals surface area contributed by atoms with Gasteiger partial charge < -0.3 is 14.5 Å². The Balaban J connectivity index is 1.37. The van der Waals surface area contributed by atoms with Crippen molar-refractivity contribution in [1.82, 2.24) is 19.5 Å². The number of fused-ring (bicyclic) bond motifs is 1. The maximum absolute atomic E-state index is 13.4. The molecule has 2 aromatic carbocycles. The number of benzene rings is 2. The molecule has 0 saturated carbocycles. The zero-order valence-corrected chi connectivity index (χ0v) is 18.2. The van der Waals surface area contributed by atoms with Crippen LogP contribution < -0.4 is 9.64 Å². The summed E-state index contributed by atoms with van der Waals surface area (Å²) >= 11 is 0. The number of carbonyl (C=O) groups is 1. The van der Waals surface area contributed by atoms with E-state index in [1.165, 1.54) is 0 Å². The summed E-state index contributed by atoms with van der Waals surface area (Å²) in [5, 5.41) is 4.70. The molecule has 32 heavy (non-hydrogen) atoms. The fourth-order valence-electron chi connectivity index (χ4n) is 4.13. The van der Waals surface area contributed by atoms with Crippen molar-refractivity contribution >= 4 is 17.2 Å². The summed E-state index contributed by atoms with van der Waals surface area (Å²) < 4.78 is 6.92. The van der Waals surface area contributed by atoms with E-state index in [-0.39, 0.29) is 5.91 Å². The molecular weight excluding hydrogens is 402 g/mol. The number of rotatable bonds is 4. The van der Waals surface area contributed by atoms with Crippen molar-refractivity contribution in [2.45, 2.75) is 6.92 Å². The lowest BCUT2D eigenvalue weighted by molar-refractivity contribution is 0.0737. The molecule has 5 rings (SSSR count). The van der Waals surface area contributed by atoms with Crippen molar-refractivity contribution in [1.29, 1.82) is 0 Å². The molecule has 0 spiro atoms. The third kappa shape index (κ3) is 3.77. The molecule has 1 amide bonds. The van der Waals surface area contributed by atoms with E-state index in [4.69, 9.17) is 9.84 Å². The molecule has 2 aromatic heterocycles. The van der Waals surface area contributed by atoms with Gasteiger partial charge in [0.05, 0.1) is 12.8 Å². The first-order valence-corrected chi connectivity index (χ1v) is 10.7. The maximum atomic E-state index is 13.4. The van der Waals surface area contributed by atoms with Crippen LogP contribution in [0.15, 0.2) is 66.7 Å². The van der Waals surface area contributed by atoms with E-state index in [9.17, 15) is 4.79 Å². The molecule has 4 aromatic rings. The van der Waals surface area contributed by atoms with Gasteiger partial charge in [-0.05, 0) is 37.3 Å². The Labute approximate surface area is 186 Å². The molecule has 1 saturated heterocycles. The number of aromatic nitrogens is 3. The summed E-state index contributed by atoms with van der Waals surface area (Å²) in [7, 11) is 1.67. The number of carbonyl (C=O) groups excluding carboxylic acids is 1. The Morgan fingerprint density at radius 3 is 2.34 bits per heavy atom. The standard InChI is InChI=1S/C25H25N5O2/c1-18-16-23(30-24(26-18)17-22(27-30)19-6-4-3-5-7-19)25(31)29-14-12-28(13-15-29)20-8-10-21(32-2)11-9-20/h3-11,16-17H,12-15H2,1-2H3. The normalized spacial score (nSPS) is 14.1. The first kappa shape index (κ1) is 20.1. The zero-order chi connectivity index (χ0) is 22.1. The summed E-state index contributed by atoms with van der Waals surface area (Å²) in [6.45, 7) is 4.77. The summed E-state index contributed by atoms with van der Waals surface area (Å²) in [5.41, 5.74) is 4.98. The molecule has 0 bridgehead atoms. The summed E-state index contributed by atoms with van der Waals surface area (Å²) in [4.78, 5) is 22.2. The average Bonchev–Trinajstić information content (AvgIpc) is 3.28. The van der Waals surface area contributed by atoms with Crippen molar-refractivity contribution in [3.63, 3.8) is 0 Å². The lowest BCUT2D eigenvalue weighted by Gasteiger charge is -2.36. The van der Waals surface area contributed by atoms with Gasteiger partial charge in [-0.2, -0.15) is 5.10 Å². The number of ether oxygens (including phenoxy) is 1. The van der Waals surface area contributed by atoms with Crippen molar-refractivity contribution in [3.05, 3.63) is 78.1 Å². The Kier molecular flexibility index (Phi) is 5.23. The Morgan fingerprint density at radius 2 is 1.66 bits per heavy atom. The monoisotopic (exact) mass is 427 g/mol. The highest BCUT2D eigenvalue weighted by molar-refractivity contribution is 5.93. The van der Waals surface area contributed by atoms with E-state index in [1.54, 1.807) is 11.6 Å². The summed E-state index contributed by atoms with van der Waals surface area (Å²) in [6, 6.07) is 21.7. The lowest BCUT2D eigenvalue weighted by atomic mass is 10.2. The average molecular weight is 428 g/mol. The molecule has 0 unspecified atom stereocenters. The van der Waals surface area contributed by atoms with Crippen molar-refractivity contribution in [2.75, 3.05) is 38.2 Å². The number of nitrogens with zero attached hydrogens (tertiary/aromatic N) is 5. The van der Waals surface area contributed by atoms with E-state index in [2.05, 4.69) is 22.0 Å². The number of piperazine rings is 1. The maximum Gasteiger partial charge on any atom is 0.272 e. The van der Waals surface area contributed by atoms with Crippen LogP contribution in [-0.4, -0.2) is 58.7 Å². The van der Waals surface area contributed by atoms with Crippen LogP contribution in [0.5, 0.6) is 5.75 Å². The van der Waals surface area contributed by atoms with Crippen LogP contribution in [0.2, 0.25) is 0 Å². The fourth-order valence-corrected chi connectivity index (χ4v) is 4.13. The zero-order valence-electron chi connectivity index (χ0n) is 18.2. The van der Waals surface area contributed by atoms with Gasteiger partial charge in [0.1, 0.15) is 11.4 Å². The van der Waals surface area contributed by atoms with E-state index < -0.39 is 0 Å². The second kappa shape index (κ2) is 8.34. The van der Waals surface area contributed by atoms with E-state index in [0.717, 1.165) is 41.5 Å². The molecule has 1 fully saturated rings. The molecule has 1 aliphatic rings. The second-order valence-corrected chi connectivity index (χ2v) is 7.93. The first-order chi connectivity index (χ1) is 15.6. The van der Waals surface area contributed by atoms with Crippen LogP contribution in [0.25, 0.3) is 16.9 Å². The quantitative estimate of drug-likeness (QED) is 0.497. The number of anilines is 1. The van der Waals surface area contributed by atoms with Gasteiger partial charge in [-0.25, -0.2) is 9.50 Å². The van der Waals surface area contributed by atoms with Gasteiger partial charge in [-0.3, -0.25) is 4.79 Å². The van der Waals surface area contributed by atoms with Crippen LogP contribution in [-0.2, 0) is 0 Å². The minimum atomic E-state index is -0.0161. The van der Waals surface area contributed by atoms with Gasteiger partial charge in [0.25, 0.3) is 5.91 Å². The van der Waals surface area contributed by atoms with E-state index in [1.807, 2.05) is 66.4 Å². The van der Waals surface area contributed by atoms with Crippen LogP contribution in [0.1, 0.15) is 16.2 Å². The van der Waals surface area contributed by atoms with Gasteiger partial charge in [0, 0.05) is 49.2 Å². The van der Waals surface area contributed by atoms with E-state index >= 15 is 0 Å². The van der Waals surface area contributed by atoms with Crippen LogP contribution in [0, 0.1) is 6.92 Å². The van der Waals surface area contributed by atoms with Gasteiger partial charge in [-0.15, -0.1) is 0 Å². The molecule has 1 aliphatic heterocycles. The Morgan fingerprint density at radius 1 is 0.938 bits per heavy atom. The SMILES string of the molecule is COc1ccc(N2CCN(C(=O)c3cc(C)nc4cc(-c5ccccc5)nn34)CC2)cc1. The van der Waals surface area contributed by atoms with E-state index in [0.29, 0.717) is 24.4 Å². The summed E-state index contributed by atoms with van der Waals surface area (Å²) in [5.74, 6) is 0.825. The van der Waals surface area contributed by atoms with Gasteiger partial charge in [-0.1, -0.05) is 30.3 Å². The van der Waals surface area contributed by atoms with Crippen LogP contribution in [0.3, 0.4) is 0 Å². The van der Waals surface area contributed by atoms with Crippen molar-refractivity contribution in [3.8, 4) is 17.0 Å². The predicted octanol–water partition coefficient (Wildman–Crippen LogP) is 3.68. The molecule has 7 nitrogen and oxygen atoms in total. The number of amides is 1. The smallest absolute Gasteiger partial charge is 0.272 e. The van der Waals surface area contributed by atoms with Gasteiger partial charge in [0.15, 0.2) is 5.65 Å². The van der Waals surface area contributed by atoms with Crippen molar-refractivity contribution in [2.24, 2.45) is 0 Å². The topological polar surface area (TPSA) is 63.0 Å². The third-order valence-electron chi connectivity index (χ3n) is 5.85. The number of methoxy groups -OCH3 is 1. The van der Waals surface area contributed by atoms with Gasteiger partial charge >= 0.3 is 0 Å². The predicted molar refractivity (Wildman–Crippen MR) is 124 cm³/mol. The molecule has 0 N–H and O–H groups in total. The first-order valence-electron chi connectivity index (χ1n) is 10.7. The highest BCUT2D eigenvalue weighted by Gasteiger charge is 2.25.